The van der Waals surface area contributed by atoms with E-state index in [-0.39, 0.29) is 6.04 Å². The van der Waals surface area contributed by atoms with Crippen LogP contribution in [0.4, 0.5) is 0 Å². The average molecular weight is 410 g/mol. The first-order chi connectivity index (χ1) is 11.7. The van der Waals surface area contributed by atoms with E-state index in [1.807, 2.05) is 31.2 Å². The molecule has 1 saturated heterocycles. The number of nitrogens with one attached hydrogen (secondary N) is 1. The molecule has 24 heavy (non-hydrogen) atoms. The van der Waals surface area contributed by atoms with Crippen molar-refractivity contribution in [3.05, 3.63) is 63.1 Å². The largest absolute Gasteiger partial charge is 0.494 e. The van der Waals surface area contributed by atoms with Crippen molar-refractivity contribution in [1.29, 1.82) is 0 Å². The standard InChI is InChI=1S/C19H22BrClN2O/c1-2-24-18-7-6-15(20)13-17(18)19(23-10-8-22-9-11-23)14-4-3-5-16(21)12-14/h3-7,12-13,19,22H,2,8-11H2,1H3. The minimum absolute atomic E-state index is 0.129. The number of piperazine rings is 1. The minimum Gasteiger partial charge on any atom is -0.494 e. The van der Waals surface area contributed by atoms with E-state index in [0.717, 1.165) is 41.4 Å². The number of hydrogen-bond acceptors (Lipinski definition) is 3. The zero-order valence-corrected chi connectivity index (χ0v) is 16.1. The van der Waals surface area contributed by atoms with Gasteiger partial charge >= 0.3 is 0 Å². The second-order valence-corrected chi connectivity index (χ2v) is 7.21. The number of nitrogens with zero attached hydrogens (tertiary/aromatic N) is 1. The molecule has 1 aliphatic rings. The Balaban J connectivity index is 2.08. The summed E-state index contributed by atoms with van der Waals surface area (Å²) in [4.78, 5) is 2.49. The normalized spacial score (nSPS) is 16.8. The molecule has 0 aromatic heterocycles. The van der Waals surface area contributed by atoms with Gasteiger partial charge in [0.05, 0.1) is 12.6 Å². The van der Waals surface area contributed by atoms with Gasteiger partial charge in [-0.15, -0.1) is 0 Å². The van der Waals surface area contributed by atoms with E-state index in [1.54, 1.807) is 0 Å². The summed E-state index contributed by atoms with van der Waals surface area (Å²) >= 11 is 9.89. The molecule has 2 aromatic rings. The molecular weight excluding hydrogens is 388 g/mol. The highest BCUT2D eigenvalue weighted by Gasteiger charge is 2.27. The maximum atomic E-state index is 6.28. The van der Waals surface area contributed by atoms with Crippen LogP contribution in [0.3, 0.4) is 0 Å². The van der Waals surface area contributed by atoms with E-state index in [0.29, 0.717) is 6.61 Å². The monoisotopic (exact) mass is 408 g/mol. The third-order valence-corrected chi connectivity index (χ3v) is 4.98. The molecule has 1 unspecified atom stereocenters. The van der Waals surface area contributed by atoms with Gasteiger partial charge in [-0.2, -0.15) is 0 Å². The van der Waals surface area contributed by atoms with Crippen LogP contribution in [0.1, 0.15) is 24.1 Å². The van der Waals surface area contributed by atoms with Crippen LogP contribution in [0, 0.1) is 0 Å². The second-order valence-electron chi connectivity index (χ2n) is 5.86. The zero-order valence-electron chi connectivity index (χ0n) is 13.8. The third kappa shape index (κ3) is 4.12. The number of rotatable bonds is 5. The number of halogens is 2. The van der Waals surface area contributed by atoms with Crippen molar-refractivity contribution in [2.75, 3.05) is 32.8 Å². The summed E-state index contributed by atoms with van der Waals surface area (Å²) < 4.78 is 6.98. The van der Waals surface area contributed by atoms with E-state index >= 15 is 0 Å². The van der Waals surface area contributed by atoms with E-state index in [2.05, 4.69) is 44.3 Å². The fourth-order valence-electron chi connectivity index (χ4n) is 3.22. The molecule has 0 saturated carbocycles. The molecule has 1 heterocycles. The molecule has 1 aliphatic heterocycles. The molecule has 1 atom stereocenters. The highest BCUT2D eigenvalue weighted by atomic mass is 79.9. The van der Waals surface area contributed by atoms with Crippen LogP contribution in [-0.4, -0.2) is 37.7 Å². The van der Waals surface area contributed by atoms with Crippen molar-refractivity contribution in [3.8, 4) is 5.75 Å². The van der Waals surface area contributed by atoms with Gasteiger partial charge in [-0.05, 0) is 42.8 Å². The Morgan fingerprint density at radius 1 is 1.21 bits per heavy atom. The predicted octanol–water partition coefficient (Wildman–Crippen LogP) is 4.50. The van der Waals surface area contributed by atoms with Crippen LogP contribution in [0.15, 0.2) is 46.9 Å². The molecule has 0 aliphatic carbocycles. The van der Waals surface area contributed by atoms with Gasteiger partial charge in [0.2, 0.25) is 0 Å². The van der Waals surface area contributed by atoms with Crippen LogP contribution >= 0.6 is 27.5 Å². The van der Waals surface area contributed by atoms with Gasteiger partial charge in [-0.25, -0.2) is 0 Å². The van der Waals surface area contributed by atoms with Crippen LogP contribution < -0.4 is 10.1 Å². The average Bonchev–Trinajstić information content (AvgIpc) is 2.59. The lowest BCUT2D eigenvalue weighted by molar-refractivity contribution is 0.194. The number of benzene rings is 2. The van der Waals surface area contributed by atoms with E-state index < -0.39 is 0 Å². The van der Waals surface area contributed by atoms with Gasteiger partial charge in [0, 0.05) is 41.2 Å². The van der Waals surface area contributed by atoms with Crippen molar-refractivity contribution in [2.24, 2.45) is 0 Å². The topological polar surface area (TPSA) is 24.5 Å². The van der Waals surface area contributed by atoms with Crippen molar-refractivity contribution in [3.63, 3.8) is 0 Å². The quantitative estimate of drug-likeness (QED) is 0.787. The van der Waals surface area contributed by atoms with Crippen LogP contribution in [0.2, 0.25) is 5.02 Å². The first kappa shape index (κ1) is 17.7. The summed E-state index contributed by atoms with van der Waals surface area (Å²) in [5.41, 5.74) is 2.37. The molecule has 0 radical (unpaired) electrons. The van der Waals surface area contributed by atoms with E-state index in [4.69, 9.17) is 16.3 Å². The van der Waals surface area contributed by atoms with Gasteiger partial charge in [0.15, 0.2) is 0 Å². The Morgan fingerprint density at radius 2 is 2.00 bits per heavy atom. The lowest BCUT2D eigenvalue weighted by Crippen LogP contribution is -2.45. The van der Waals surface area contributed by atoms with Gasteiger partial charge in [-0.3, -0.25) is 4.90 Å². The van der Waals surface area contributed by atoms with E-state index in [1.165, 1.54) is 11.1 Å². The summed E-state index contributed by atoms with van der Waals surface area (Å²) in [5, 5.41) is 4.19. The van der Waals surface area contributed by atoms with Crippen molar-refractivity contribution >= 4 is 27.5 Å². The molecule has 128 valence electrons. The fraction of sp³-hybridized carbons (Fsp3) is 0.368. The molecule has 5 heteroatoms. The minimum atomic E-state index is 0.129. The highest BCUT2D eigenvalue weighted by molar-refractivity contribution is 9.10. The summed E-state index contributed by atoms with van der Waals surface area (Å²) in [5.74, 6) is 0.934. The van der Waals surface area contributed by atoms with Gasteiger partial charge in [-0.1, -0.05) is 39.7 Å². The SMILES string of the molecule is CCOc1ccc(Br)cc1C(c1cccc(Cl)c1)N1CCNCC1. The molecular formula is C19H22BrClN2O. The van der Waals surface area contributed by atoms with E-state index in [9.17, 15) is 0 Å². The summed E-state index contributed by atoms with van der Waals surface area (Å²) in [6.07, 6.45) is 0. The van der Waals surface area contributed by atoms with Crippen LogP contribution in [0.5, 0.6) is 5.75 Å². The summed E-state index contributed by atoms with van der Waals surface area (Å²) in [6, 6.07) is 14.5. The Morgan fingerprint density at radius 3 is 2.71 bits per heavy atom. The highest BCUT2D eigenvalue weighted by Crippen LogP contribution is 2.37. The van der Waals surface area contributed by atoms with Crippen molar-refractivity contribution in [2.45, 2.75) is 13.0 Å². The maximum Gasteiger partial charge on any atom is 0.124 e. The van der Waals surface area contributed by atoms with Gasteiger partial charge in [0.1, 0.15) is 5.75 Å². The Labute approximate surface area is 157 Å². The first-order valence-electron chi connectivity index (χ1n) is 8.31. The lowest BCUT2D eigenvalue weighted by atomic mass is 9.95. The molecule has 3 nitrogen and oxygen atoms in total. The third-order valence-electron chi connectivity index (χ3n) is 4.25. The zero-order chi connectivity index (χ0) is 16.9. The Bertz CT molecular complexity index is 689. The molecule has 3 rings (SSSR count). The number of hydrogen-bond donors (Lipinski definition) is 1. The van der Waals surface area contributed by atoms with Gasteiger partial charge < -0.3 is 10.1 Å². The Hall–Kier alpha value is -1.07. The summed E-state index contributed by atoms with van der Waals surface area (Å²) in [7, 11) is 0. The Kier molecular flexibility index (Phi) is 6.17. The molecule has 0 spiro atoms. The van der Waals surface area contributed by atoms with Crippen molar-refractivity contribution < 1.29 is 4.74 Å². The summed E-state index contributed by atoms with van der Waals surface area (Å²) in [6.45, 7) is 6.65. The van der Waals surface area contributed by atoms with Crippen LogP contribution in [0.25, 0.3) is 0 Å². The smallest absolute Gasteiger partial charge is 0.124 e. The number of ether oxygens (including phenoxy) is 1. The molecule has 1 N–H and O–H groups in total. The molecule has 1 fully saturated rings. The molecule has 2 aromatic carbocycles. The maximum absolute atomic E-state index is 6.28. The predicted molar refractivity (Wildman–Crippen MR) is 103 cm³/mol. The molecule has 0 bridgehead atoms. The fourth-order valence-corrected chi connectivity index (χ4v) is 3.80. The second kappa shape index (κ2) is 8.34. The van der Waals surface area contributed by atoms with Gasteiger partial charge in [0.25, 0.3) is 0 Å². The van der Waals surface area contributed by atoms with Crippen molar-refractivity contribution in [1.82, 2.24) is 10.2 Å². The lowest BCUT2D eigenvalue weighted by Gasteiger charge is -2.36. The van der Waals surface area contributed by atoms with Crippen LogP contribution in [-0.2, 0) is 0 Å². The first-order valence-corrected chi connectivity index (χ1v) is 9.48. The molecule has 0 amide bonds.